The summed E-state index contributed by atoms with van der Waals surface area (Å²) in [5.41, 5.74) is 2.22. The van der Waals surface area contributed by atoms with Gasteiger partial charge in [-0.15, -0.1) is 0 Å². The number of Topliss-reactive ketones (excluding diaryl/α,β-unsaturated/α-hetero) is 1. The highest BCUT2D eigenvalue weighted by Gasteiger charge is 2.17. The van der Waals surface area contributed by atoms with E-state index in [0.717, 1.165) is 11.1 Å². The summed E-state index contributed by atoms with van der Waals surface area (Å²) < 4.78 is 10.9. The van der Waals surface area contributed by atoms with Crippen LogP contribution in [0, 0.1) is 0 Å². The molecule has 0 bridgehead atoms. The Hall–Kier alpha value is -3.37. The van der Waals surface area contributed by atoms with Crippen LogP contribution in [0.4, 0.5) is 0 Å². The van der Waals surface area contributed by atoms with Gasteiger partial charge in [-0.25, -0.2) is 4.79 Å². The summed E-state index contributed by atoms with van der Waals surface area (Å²) in [4.78, 5) is 24.3. The van der Waals surface area contributed by atoms with Crippen LogP contribution in [0.25, 0.3) is 6.08 Å². The van der Waals surface area contributed by atoms with Crippen molar-refractivity contribution < 1.29 is 19.1 Å². The molecular weight excluding hydrogens is 400 g/mol. The molecule has 3 aromatic carbocycles. The second-order valence-electron chi connectivity index (χ2n) is 6.59. The highest BCUT2D eigenvalue weighted by molar-refractivity contribution is 6.31. The van der Waals surface area contributed by atoms with Crippen LogP contribution < -0.4 is 4.74 Å². The van der Waals surface area contributed by atoms with Crippen molar-refractivity contribution in [3.8, 4) is 5.75 Å². The van der Waals surface area contributed by atoms with Crippen molar-refractivity contribution >= 4 is 29.4 Å². The molecule has 30 heavy (non-hydrogen) atoms. The Morgan fingerprint density at radius 1 is 0.933 bits per heavy atom. The maximum absolute atomic E-state index is 12.3. The van der Waals surface area contributed by atoms with Gasteiger partial charge in [-0.3, -0.25) is 4.79 Å². The quantitative estimate of drug-likeness (QED) is 0.264. The second-order valence-corrected chi connectivity index (χ2v) is 7.00. The van der Waals surface area contributed by atoms with E-state index in [0.29, 0.717) is 22.9 Å². The van der Waals surface area contributed by atoms with Crippen LogP contribution in [0.3, 0.4) is 0 Å². The van der Waals surface area contributed by atoms with E-state index in [4.69, 9.17) is 21.1 Å². The Balaban J connectivity index is 1.51. The first-order valence-corrected chi connectivity index (χ1v) is 9.85. The van der Waals surface area contributed by atoms with E-state index >= 15 is 0 Å². The molecule has 0 fully saturated rings. The molecule has 3 aromatic rings. The molecule has 0 amide bonds. The second kappa shape index (κ2) is 10.4. The van der Waals surface area contributed by atoms with E-state index in [1.54, 1.807) is 37.3 Å². The molecule has 0 spiro atoms. The van der Waals surface area contributed by atoms with Crippen molar-refractivity contribution in [3.05, 3.63) is 107 Å². The summed E-state index contributed by atoms with van der Waals surface area (Å²) in [5, 5.41) is 0.663. The molecule has 0 aliphatic rings. The molecule has 3 rings (SSSR count). The number of ketones is 1. The van der Waals surface area contributed by atoms with Crippen LogP contribution in [0.2, 0.25) is 5.02 Å². The lowest BCUT2D eigenvalue weighted by molar-refractivity contribution is -0.140. The highest BCUT2D eigenvalue weighted by Crippen LogP contribution is 2.19. The number of hydrogen-bond donors (Lipinski definition) is 0. The normalized spacial score (nSPS) is 11.8. The zero-order valence-corrected chi connectivity index (χ0v) is 17.2. The number of halogens is 1. The lowest BCUT2D eigenvalue weighted by Gasteiger charge is -2.10. The van der Waals surface area contributed by atoms with Crippen molar-refractivity contribution in [2.24, 2.45) is 0 Å². The standard InChI is InChI=1S/C25H21ClO4/c1-18(25(28)20-7-3-2-4-8-20)30-24(27)16-13-19-11-14-22(15-12-19)29-17-21-9-5-6-10-23(21)26/h2-16,18H,17H2,1H3/b16-13+/t18-/m0/s1. The predicted molar refractivity (Wildman–Crippen MR) is 118 cm³/mol. The Morgan fingerprint density at radius 3 is 2.30 bits per heavy atom. The topological polar surface area (TPSA) is 52.6 Å². The van der Waals surface area contributed by atoms with E-state index in [1.807, 2.05) is 54.6 Å². The average Bonchev–Trinajstić information content (AvgIpc) is 2.78. The van der Waals surface area contributed by atoms with Gasteiger partial charge in [0.15, 0.2) is 6.10 Å². The summed E-state index contributed by atoms with van der Waals surface area (Å²) in [6.07, 6.45) is 2.07. The minimum atomic E-state index is -0.856. The summed E-state index contributed by atoms with van der Waals surface area (Å²) in [6.45, 7) is 1.93. The van der Waals surface area contributed by atoms with Gasteiger partial charge in [0.2, 0.25) is 5.78 Å². The lowest BCUT2D eigenvalue weighted by atomic mass is 10.1. The Kier molecular flexibility index (Phi) is 7.41. The third-order valence-electron chi connectivity index (χ3n) is 4.36. The molecule has 1 atom stereocenters. The average molecular weight is 421 g/mol. The molecule has 5 heteroatoms. The van der Waals surface area contributed by atoms with Crippen molar-refractivity contribution in [2.45, 2.75) is 19.6 Å². The number of carbonyl (C=O) groups is 2. The van der Waals surface area contributed by atoms with E-state index in [1.165, 1.54) is 6.08 Å². The molecule has 0 N–H and O–H groups in total. The molecule has 0 aliphatic carbocycles. The zero-order valence-electron chi connectivity index (χ0n) is 16.5. The highest BCUT2D eigenvalue weighted by atomic mass is 35.5. The molecular formula is C25H21ClO4. The third-order valence-corrected chi connectivity index (χ3v) is 4.73. The van der Waals surface area contributed by atoms with Crippen molar-refractivity contribution in [3.63, 3.8) is 0 Å². The van der Waals surface area contributed by atoms with Gasteiger partial charge in [-0.05, 0) is 36.8 Å². The maximum Gasteiger partial charge on any atom is 0.331 e. The predicted octanol–water partition coefficient (Wildman–Crippen LogP) is 5.75. The van der Waals surface area contributed by atoms with Gasteiger partial charge in [-0.1, -0.05) is 72.3 Å². The van der Waals surface area contributed by atoms with Gasteiger partial charge in [0, 0.05) is 22.2 Å². The van der Waals surface area contributed by atoms with E-state index in [2.05, 4.69) is 0 Å². The third kappa shape index (κ3) is 6.06. The fourth-order valence-electron chi connectivity index (χ4n) is 2.72. The number of rotatable bonds is 8. The SMILES string of the molecule is C[C@H](OC(=O)/C=C/c1ccc(OCc2ccccc2Cl)cc1)C(=O)c1ccccc1. The molecule has 0 saturated heterocycles. The summed E-state index contributed by atoms with van der Waals surface area (Å²) in [7, 11) is 0. The number of carbonyl (C=O) groups excluding carboxylic acids is 2. The molecule has 152 valence electrons. The van der Waals surface area contributed by atoms with Gasteiger partial charge in [0.1, 0.15) is 12.4 Å². The van der Waals surface area contributed by atoms with E-state index < -0.39 is 12.1 Å². The Labute approximate surface area is 180 Å². The molecule has 0 unspecified atom stereocenters. The minimum absolute atomic E-state index is 0.239. The number of ether oxygens (including phenoxy) is 2. The fourth-order valence-corrected chi connectivity index (χ4v) is 2.91. The molecule has 0 saturated carbocycles. The Bertz CT molecular complexity index is 1030. The van der Waals surface area contributed by atoms with Gasteiger partial charge >= 0.3 is 5.97 Å². The van der Waals surface area contributed by atoms with Gasteiger partial charge in [0.05, 0.1) is 0 Å². The number of esters is 1. The molecule has 4 nitrogen and oxygen atoms in total. The van der Waals surface area contributed by atoms with Crippen LogP contribution >= 0.6 is 11.6 Å². The zero-order chi connectivity index (χ0) is 21.3. The van der Waals surface area contributed by atoms with Crippen LogP contribution in [0.15, 0.2) is 84.9 Å². The molecule has 0 aromatic heterocycles. The van der Waals surface area contributed by atoms with Gasteiger partial charge in [0.25, 0.3) is 0 Å². The smallest absolute Gasteiger partial charge is 0.331 e. The van der Waals surface area contributed by atoms with Gasteiger partial charge < -0.3 is 9.47 Å². The van der Waals surface area contributed by atoms with Crippen LogP contribution in [0.1, 0.15) is 28.4 Å². The van der Waals surface area contributed by atoms with E-state index in [-0.39, 0.29) is 5.78 Å². The largest absolute Gasteiger partial charge is 0.489 e. The minimum Gasteiger partial charge on any atom is -0.489 e. The molecule has 0 radical (unpaired) electrons. The molecule has 0 heterocycles. The lowest BCUT2D eigenvalue weighted by Crippen LogP contribution is -2.23. The monoisotopic (exact) mass is 420 g/mol. The Morgan fingerprint density at radius 2 is 1.60 bits per heavy atom. The van der Waals surface area contributed by atoms with Crippen molar-refractivity contribution in [1.29, 1.82) is 0 Å². The first-order chi connectivity index (χ1) is 14.5. The summed E-state index contributed by atoms with van der Waals surface area (Å²) in [5.74, 6) is -0.125. The maximum atomic E-state index is 12.3. The number of benzene rings is 3. The summed E-state index contributed by atoms with van der Waals surface area (Å²) in [6, 6.07) is 23.5. The van der Waals surface area contributed by atoms with Gasteiger partial charge in [-0.2, -0.15) is 0 Å². The van der Waals surface area contributed by atoms with Crippen molar-refractivity contribution in [2.75, 3.05) is 0 Å². The van der Waals surface area contributed by atoms with Crippen LogP contribution in [-0.4, -0.2) is 17.9 Å². The molecule has 0 aliphatic heterocycles. The van der Waals surface area contributed by atoms with Crippen LogP contribution in [-0.2, 0) is 16.1 Å². The summed E-state index contributed by atoms with van der Waals surface area (Å²) >= 11 is 6.12. The van der Waals surface area contributed by atoms with Crippen LogP contribution in [0.5, 0.6) is 5.75 Å². The first kappa shape index (κ1) is 21.3. The first-order valence-electron chi connectivity index (χ1n) is 9.47. The van der Waals surface area contributed by atoms with Crippen molar-refractivity contribution in [1.82, 2.24) is 0 Å². The fraction of sp³-hybridized carbons (Fsp3) is 0.120. The number of hydrogen-bond acceptors (Lipinski definition) is 4. The van der Waals surface area contributed by atoms with E-state index in [9.17, 15) is 9.59 Å².